The van der Waals surface area contributed by atoms with Gasteiger partial charge in [-0.25, -0.2) is 4.68 Å². The highest BCUT2D eigenvalue weighted by molar-refractivity contribution is 5.60. The Hall–Kier alpha value is -3.78. The average Bonchev–Trinajstić information content (AvgIpc) is 3.36. The molecule has 8 nitrogen and oxygen atoms in total. The fraction of sp³-hybridized carbons (Fsp3) is 0.280. The number of pyridine rings is 1. The van der Waals surface area contributed by atoms with E-state index in [0.717, 1.165) is 54.6 Å². The predicted octanol–water partition coefficient (Wildman–Crippen LogP) is 3.52. The molecule has 0 amide bonds. The fourth-order valence-electron chi connectivity index (χ4n) is 3.83. The van der Waals surface area contributed by atoms with Gasteiger partial charge in [0.15, 0.2) is 0 Å². The molecule has 168 valence electrons. The van der Waals surface area contributed by atoms with Gasteiger partial charge in [0, 0.05) is 55.8 Å². The summed E-state index contributed by atoms with van der Waals surface area (Å²) in [4.78, 5) is 16.2. The van der Waals surface area contributed by atoms with Gasteiger partial charge in [0.05, 0.1) is 18.9 Å². The Morgan fingerprint density at radius 1 is 1.00 bits per heavy atom. The van der Waals surface area contributed by atoms with E-state index >= 15 is 0 Å². The van der Waals surface area contributed by atoms with E-state index in [2.05, 4.69) is 40.3 Å². The van der Waals surface area contributed by atoms with Crippen LogP contribution >= 0.6 is 0 Å². The minimum absolute atomic E-state index is 0.540. The number of aromatic nitrogens is 5. The van der Waals surface area contributed by atoms with Crippen LogP contribution in [-0.2, 0) is 11.2 Å². The maximum atomic E-state index is 5.52. The number of rotatable bonds is 7. The molecule has 1 fully saturated rings. The molecule has 0 bridgehead atoms. The summed E-state index contributed by atoms with van der Waals surface area (Å²) < 4.78 is 7.26. The molecule has 0 aliphatic carbocycles. The Balaban J connectivity index is 1.41. The molecule has 3 aromatic heterocycles. The molecule has 5 rings (SSSR count). The summed E-state index contributed by atoms with van der Waals surface area (Å²) in [5.41, 5.74) is 4.21. The number of morpholine rings is 1. The average molecular weight is 442 g/mol. The van der Waals surface area contributed by atoms with Crippen molar-refractivity contribution < 1.29 is 4.74 Å². The third-order valence-electron chi connectivity index (χ3n) is 5.56. The summed E-state index contributed by atoms with van der Waals surface area (Å²) in [7, 11) is 0. The molecular weight excluding hydrogens is 414 g/mol. The van der Waals surface area contributed by atoms with Crippen LogP contribution in [0.15, 0.2) is 67.0 Å². The van der Waals surface area contributed by atoms with Crippen LogP contribution in [-0.4, -0.2) is 57.6 Å². The molecule has 0 saturated carbocycles. The number of hydrogen-bond donors (Lipinski definition) is 1. The third kappa shape index (κ3) is 5.18. The van der Waals surface area contributed by atoms with Crippen LogP contribution < -0.4 is 10.2 Å². The Morgan fingerprint density at radius 2 is 1.91 bits per heavy atom. The molecule has 1 N–H and O–H groups in total. The van der Waals surface area contributed by atoms with E-state index in [-0.39, 0.29) is 0 Å². The van der Waals surface area contributed by atoms with E-state index in [9.17, 15) is 0 Å². The van der Waals surface area contributed by atoms with E-state index in [4.69, 9.17) is 19.8 Å². The van der Waals surface area contributed by atoms with Crippen LogP contribution in [0.25, 0.3) is 17.2 Å². The molecule has 4 heterocycles. The fourth-order valence-corrected chi connectivity index (χ4v) is 3.83. The molecular formula is C25H27N7O. The van der Waals surface area contributed by atoms with Gasteiger partial charge in [0.1, 0.15) is 11.6 Å². The summed E-state index contributed by atoms with van der Waals surface area (Å²) in [6.45, 7) is 5.80. The van der Waals surface area contributed by atoms with Crippen molar-refractivity contribution in [2.24, 2.45) is 0 Å². The lowest BCUT2D eigenvalue weighted by molar-refractivity contribution is 0.122. The zero-order valence-corrected chi connectivity index (χ0v) is 18.7. The Kier molecular flexibility index (Phi) is 6.25. The van der Waals surface area contributed by atoms with Crippen molar-refractivity contribution in [2.75, 3.05) is 43.1 Å². The van der Waals surface area contributed by atoms with E-state index in [1.807, 2.05) is 48.8 Å². The van der Waals surface area contributed by atoms with Crippen molar-refractivity contribution in [3.8, 4) is 17.2 Å². The number of nitrogens with one attached hydrogen (secondary N) is 1. The van der Waals surface area contributed by atoms with Gasteiger partial charge in [-0.1, -0.05) is 29.8 Å². The predicted molar refractivity (Wildman–Crippen MR) is 129 cm³/mol. The van der Waals surface area contributed by atoms with Crippen LogP contribution in [0.4, 0.5) is 11.6 Å². The van der Waals surface area contributed by atoms with Crippen molar-refractivity contribution in [3.05, 3.63) is 78.2 Å². The van der Waals surface area contributed by atoms with Gasteiger partial charge in [-0.15, -0.1) is 0 Å². The second kappa shape index (κ2) is 9.79. The lowest BCUT2D eigenvalue weighted by Gasteiger charge is -2.28. The summed E-state index contributed by atoms with van der Waals surface area (Å²) in [5, 5.41) is 8.20. The van der Waals surface area contributed by atoms with Gasteiger partial charge in [0.2, 0.25) is 0 Å². The number of benzene rings is 1. The second-order valence-corrected chi connectivity index (χ2v) is 8.02. The summed E-state index contributed by atoms with van der Waals surface area (Å²) in [5.74, 6) is 2.18. The largest absolute Gasteiger partial charge is 0.378 e. The van der Waals surface area contributed by atoms with E-state index in [1.165, 1.54) is 5.56 Å². The van der Waals surface area contributed by atoms with Gasteiger partial charge in [-0.3, -0.25) is 4.98 Å². The molecule has 8 heteroatoms. The number of anilines is 2. The van der Waals surface area contributed by atoms with Crippen molar-refractivity contribution in [1.29, 1.82) is 0 Å². The van der Waals surface area contributed by atoms with Crippen molar-refractivity contribution in [3.63, 3.8) is 0 Å². The molecule has 1 aromatic carbocycles. The first kappa shape index (κ1) is 21.1. The summed E-state index contributed by atoms with van der Waals surface area (Å²) >= 11 is 0. The van der Waals surface area contributed by atoms with Gasteiger partial charge >= 0.3 is 0 Å². The van der Waals surface area contributed by atoms with E-state index in [0.29, 0.717) is 19.2 Å². The van der Waals surface area contributed by atoms with Crippen molar-refractivity contribution >= 4 is 11.6 Å². The van der Waals surface area contributed by atoms with Gasteiger partial charge in [0.25, 0.3) is 5.95 Å². The number of aryl methyl sites for hydroxylation is 1. The van der Waals surface area contributed by atoms with Crippen LogP contribution in [0.3, 0.4) is 0 Å². The summed E-state index contributed by atoms with van der Waals surface area (Å²) in [6, 6.07) is 18.3. The number of ether oxygens (including phenoxy) is 1. The zero-order chi connectivity index (χ0) is 22.5. The Labute approximate surface area is 193 Å². The third-order valence-corrected chi connectivity index (χ3v) is 5.56. The van der Waals surface area contributed by atoms with Gasteiger partial charge in [-0.05, 0) is 31.2 Å². The molecule has 1 aliphatic rings. The van der Waals surface area contributed by atoms with Gasteiger partial charge < -0.3 is 15.0 Å². The van der Waals surface area contributed by atoms with E-state index in [1.54, 1.807) is 4.68 Å². The monoisotopic (exact) mass is 441 g/mol. The highest BCUT2D eigenvalue weighted by Gasteiger charge is 2.16. The lowest BCUT2D eigenvalue weighted by atomic mass is 10.1. The first-order valence-corrected chi connectivity index (χ1v) is 11.2. The second-order valence-electron chi connectivity index (χ2n) is 8.02. The highest BCUT2D eigenvalue weighted by atomic mass is 16.5. The van der Waals surface area contributed by atoms with E-state index < -0.39 is 0 Å². The number of hydrogen-bond acceptors (Lipinski definition) is 7. The van der Waals surface area contributed by atoms with Crippen molar-refractivity contribution in [2.45, 2.75) is 13.3 Å². The van der Waals surface area contributed by atoms with Gasteiger partial charge in [-0.2, -0.15) is 15.1 Å². The standard InChI is InChI=1S/C25H27N7O/c1-19-5-4-6-20(17-19)22-9-12-32(30-22)25-28-23(27-11-8-21-7-2-3-10-26-21)18-24(29-25)31-13-15-33-16-14-31/h2-7,9-10,12,17-18H,8,11,13-16H2,1H3,(H,27,28,29). The minimum Gasteiger partial charge on any atom is -0.378 e. The zero-order valence-electron chi connectivity index (χ0n) is 18.7. The molecule has 4 aromatic rings. The molecule has 33 heavy (non-hydrogen) atoms. The molecule has 1 saturated heterocycles. The van der Waals surface area contributed by atoms with Crippen LogP contribution in [0.5, 0.6) is 0 Å². The molecule has 0 radical (unpaired) electrons. The first-order chi connectivity index (χ1) is 16.2. The molecule has 0 atom stereocenters. The molecule has 1 aliphatic heterocycles. The minimum atomic E-state index is 0.540. The first-order valence-electron chi connectivity index (χ1n) is 11.2. The SMILES string of the molecule is Cc1cccc(-c2ccn(-c3nc(NCCc4ccccn4)cc(N4CCOCC4)n3)n2)c1. The quantitative estimate of drug-likeness (QED) is 0.470. The Bertz CT molecular complexity index is 1200. The van der Waals surface area contributed by atoms with Crippen molar-refractivity contribution in [1.82, 2.24) is 24.7 Å². The van der Waals surface area contributed by atoms with Crippen LogP contribution in [0.2, 0.25) is 0 Å². The van der Waals surface area contributed by atoms with Crippen LogP contribution in [0.1, 0.15) is 11.3 Å². The normalized spacial score (nSPS) is 13.8. The molecule has 0 unspecified atom stereocenters. The molecule has 0 spiro atoms. The van der Waals surface area contributed by atoms with Crippen LogP contribution in [0, 0.1) is 6.92 Å². The highest BCUT2D eigenvalue weighted by Crippen LogP contribution is 2.22. The maximum absolute atomic E-state index is 5.52. The summed E-state index contributed by atoms with van der Waals surface area (Å²) in [6.07, 6.45) is 4.54. The smallest absolute Gasteiger partial charge is 0.254 e. The Morgan fingerprint density at radius 3 is 2.73 bits per heavy atom. The lowest BCUT2D eigenvalue weighted by Crippen LogP contribution is -2.37. The maximum Gasteiger partial charge on any atom is 0.254 e. The topological polar surface area (TPSA) is 81.0 Å². The number of nitrogens with zero attached hydrogens (tertiary/aromatic N) is 6.